The third kappa shape index (κ3) is 43.7. The summed E-state index contributed by atoms with van der Waals surface area (Å²) < 4.78 is 5.46. The maximum atomic E-state index is 12.4. The van der Waals surface area contributed by atoms with Crippen molar-refractivity contribution < 1.29 is 24.5 Å². The van der Waals surface area contributed by atoms with Crippen LogP contribution in [0, 0.1) is 0 Å². The molecule has 6 nitrogen and oxygen atoms in total. The maximum absolute atomic E-state index is 12.4. The summed E-state index contributed by atoms with van der Waals surface area (Å²) in [5.41, 5.74) is 0. The van der Waals surface area contributed by atoms with Crippen LogP contribution in [0.1, 0.15) is 264 Å². The first-order chi connectivity index (χ1) is 28.0. The Bertz CT molecular complexity index is 889. The molecular formula is C51H97NO5. The number of allylic oxidation sites excluding steroid dienone is 4. The summed E-state index contributed by atoms with van der Waals surface area (Å²) in [6, 6.07) is -0.557. The smallest absolute Gasteiger partial charge is 0.305 e. The number of ether oxygens (including phenoxy) is 1. The summed E-state index contributed by atoms with van der Waals surface area (Å²) in [5.74, 6) is -0.0824. The number of amides is 1. The van der Waals surface area contributed by atoms with Gasteiger partial charge in [0.2, 0.25) is 5.91 Å². The SMILES string of the molecule is CCCCC/C=C\C/C=C\CCCCCCCCCCCC(=O)OCCCCCCCCCCCCC(=O)NC(CO)C(O)CCCCCCCCCCCCC. The Hall–Kier alpha value is -1.66. The molecule has 0 aliphatic rings. The molecular weight excluding hydrogens is 707 g/mol. The fourth-order valence-electron chi connectivity index (χ4n) is 7.61. The van der Waals surface area contributed by atoms with Gasteiger partial charge in [-0.05, 0) is 57.8 Å². The zero-order chi connectivity index (χ0) is 41.5. The van der Waals surface area contributed by atoms with E-state index in [1.54, 1.807) is 0 Å². The van der Waals surface area contributed by atoms with E-state index in [1.807, 2.05) is 0 Å². The summed E-state index contributed by atoms with van der Waals surface area (Å²) in [6.45, 7) is 4.86. The third-order valence-electron chi connectivity index (χ3n) is 11.5. The molecule has 2 atom stereocenters. The lowest BCUT2D eigenvalue weighted by Crippen LogP contribution is -2.45. The van der Waals surface area contributed by atoms with Gasteiger partial charge in [-0.1, -0.05) is 218 Å². The molecule has 0 saturated carbocycles. The number of nitrogens with one attached hydrogen (secondary N) is 1. The van der Waals surface area contributed by atoms with Crippen LogP contribution in [-0.4, -0.2) is 47.4 Å². The molecule has 0 aliphatic carbocycles. The third-order valence-corrected chi connectivity index (χ3v) is 11.5. The summed E-state index contributed by atoms with van der Waals surface area (Å²) in [4.78, 5) is 24.5. The maximum Gasteiger partial charge on any atom is 0.305 e. The second-order valence-electron chi connectivity index (χ2n) is 17.1. The quantitative estimate of drug-likeness (QED) is 0.0324. The fraction of sp³-hybridized carbons (Fsp3) is 0.882. The number of hydrogen-bond donors (Lipinski definition) is 3. The van der Waals surface area contributed by atoms with Crippen LogP contribution in [0.15, 0.2) is 24.3 Å². The van der Waals surface area contributed by atoms with Gasteiger partial charge in [-0.25, -0.2) is 0 Å². The van der Waals surface area contributed by atoms with Crippen LogP contribution in [0.3, 0.4) is 0 Å². The van der Waals surface area contributed by atoms with Gasteiger partial charge in [0.1, 0.15) is 0 Å². The molecule has 0 aromatic rings. The number of carbonyl (C=O) groups is 2. The van der Waals surface area contributed by atoms with Gasteiger partial charge < -0.3 is 20.3 Å². The Balaban J connectivity index is 3.45. The van der Waals surface area contributed by atoms with Crippen molar-refractivity contribution in [2.75, 3.05) is 13.2 Å². The van der Waals surface area contributed by atoms with Crippen molar-refractivity contribution in [3.05, 3.63) is 24.3 Å². The number of unbranched alkanes of at least 4 members (excludes halogenated alkanes) is 31. The van der Waals surface area contributed by atoms with Crippen LogP contribution in [-0.2, 0) is 14.3 Å². The van der Waals surface area contributed by atoms with E-state index in [9.17, 15) is 19.8 Å². The Morgan fingerprint density at radius 3 is 1.37 bits per heavy atom. The first-order valence-corrected chi connectivity index (χ1v) is 25.1. The lowest BCUT2D eigenvalue weighted by atomic mass is 10.0. The second-order valence-corrected chi connectivity index (χ2v) is 17.1. The van der Waals surface area contributed by atoms with Gasteiger partial charge in [0.05, 0.1) is 25.4 Å². The standard InChI is InChI=1S/C51H97NO5/c1-3-5-7-9-11-13-15-16-17-18-19-20-21-22-24-29-33-37-41-45-51(56)57-46-42-38-34-30-26-25-28-32-36-40-44-50(55)52-48(47-53)49(54)43-39-35-31-27-23-14-12-10-8-6-4-2/h11,13,16-17,48-49,53-54H,3-10,12,14-15,18-47H2,1-2H3,(H,52,55)/b13-11-,17-16-. The lowest BCUT2D eigenvalue weighted by Gasteiger charge is -2.22. The topological polar surface area (TPSA) is 95.9 Å². The number of hydrogen-bond acceptors (Lipinski definition) is 5. The first kappa shape index (κ1) is 55.3. The summed E-state index contributed by atoms with van der Waals surface area (Å²) >= 11 is 0. The number of aliphatic hydroxyl groups is 2. The molecule has 0 aromatic heterocycles. The molecule has 0 radical (unpaired) electrons. The van der Waals surface area contributed by atoms with E-state index < -0.39 is 12.1 Å². The zero-order valence-corrected chi connectivity index (χ0v) is 38.1. The highest BCUT2D eigenvalue weighted by atomic mass is 16.5. The Labute approximate surface area is 354 Å². The Morgan fingerprint density at radius 2 is 0.877 bits per heavy atom. The van der Waals surface area contributed by atoms with Crippen molar-refractivity contribution in [3.63, 3.8) is 0 Å². The van der Waals surface area contributed by atoms with Crippen LogP contribution in [0.25, 0.3) is 0 Å². The largest absolute Gasteiger partial charge is 0.466 e. The van der Waals surface area contributed by atoms with Crippen LogP contribution in [0.5, 0.6) is 0 Å². The van der Waals surface area contributed by atoms with Gasteiger partial charge in [-0.15, -0.1) is 0 Å². The number of carbonyl (C=O) groups excluding carboxylic acids is 2. The monoisotopic (exact) mass is 804 g/mol. The zero-order valence-electron chi connectivity index (χ0n) is 38.1. The van der Waals surface area contributed by atoms with E-state index in [-0.39, 0.29) is 18.5 Å². The van der Waals surface area contributed by atoms with E-state index in [0.29, 0.717) is 25.9 Å². The highest BCUT2D eigenvalue weighted by Crippen LogP contribution is 2.16. The highest BCUT2D eigenvalue weighted by molar-refractivity contribution is 5.76. The summed E-state index contributed by atoms with van der Waals surface area (Å²) in [5, 5.41) is 23.1. The van der Waals surface area contributed by atoms with Gasteiger partial charge in [0.25, 0.3) is 0 Å². The Kier molecular flexibility index (Phi) is 45.7. The van der Waals surface area contributed by atoms with Gasteiger partial charge in [0, 0.05) is 12.8 Å². The minimum absolute atomic E-state index is 0.0230. The number of rotatable bonds is 46. The van der Waals surface area contributed by atoms with E-state index in [0.717, 1.165) is 64.2 Å². The first-order valence-electron chi connectivity index (χ1n) is 25.1. The molecule has 336 valence electrons. The molecule has 0 heterocycles. The molecule has 6 heteroatoms. The molecule has 0 spiro atoms. The predicted octanol–water partition coefficient (Wildman–Crippen LogP) is 14.7. The summed E-state index contributed by atoms with van der Waals surface area (Å²) in [6.07, 6.45) is 54.3. The van der Waals surface area contributed by atoms with Crippen molar-refractivity contribution in [2.24, 2.45) is 0 Å². The van der Waals surface area contributed by atoms with Gasteiger partial charge in [0.15, 0.2) is 0 Å². The number of esters is 1. The molecule has 1 amide bonds. The molecule has 2 unspecified atom stereocenters. The normalized spacial score (nSPS) is 12.8. The van der Waals surface area contributed by atoms with Crippen LogP contribution < -0.4 is 5.32 Å². The van der Waals surface area contributed by atoms with Crippen molar-refractivity contribution in [3.8, 4) is 0 Å². The van der Waals surface area contributed by atoms with E-state index in [4.69, 9.17) is 4.74 Å². The Morgan fingerprint density at radius 1 is 0.491 bits per heavy atom. The molecule has 0 bridgehead atoms. The highest BCUT2D eigenvalue weighted by Gasteiger charge is 2.20. The van der Waals surface area contributed by atoms with Gasteiger partial charge in [-0.3, -0.25) is 9.59 Å². The van der Waals surface area contributed by atoms with Crippen LogP contribution in [0.4, 0.5) is 0 Å². The lowest BCUT2D eigenvalue weighted by molar-refractivity contribution is -0.143. The minimum Gasteiger partial charge on any atom is -0.466 e. The van der Waals surface area contributed by atoms with Crippen molar-refractivity contribution in [1.82, 2.24) is 5.32 Å². The van der Waals surface area contributed by atoms with E-state index in [1.165, 1.54) is 167 Å². The van der Waals surface area contributed by atoms with Crippen molar-refractivity contribution in [2.45, 2.75) is 276 Å². The van der Waals surface area contributed by atoms with Crippen molar-refractivity contribution >= 4 is 11.9 Å². The van der Waals surface area contributed by atoms with Gasteiger partial charge in [-0.2, -0.15) is 0 Å². The minimum atomic E-state index is -0.677. The fourth-order valence-corrected chi connectivity index (χ4v) is 7.61. The average Bonchev–Trinajstić information content (AvgIpc) is 3.21. The molecule has 0 rings (SSSR count). The second kappa shape index (κ2) is 47.0. The van der Waals surface area contributed by atoms with Gasteiger partial charge >= 0.3 is 5.97 Å². The molecule has 57 heavy (non-hydrogen) atoms. The molecule has 3 N–H and O–H groups in total. The van der Waals surface area contributed by atoms with Crippen LogP contribution in [0.2, 0.25) is 0 Å². The molecule has 0 aliphatic heterocycles. The number of aliphatic hydroxyl groups excluding tert-OH is 2. The molecule has 0 fully saturated rings. The summed E-state index contributed by atoms with van der Waals surface area (Å²) in [7, 11) is 0. The molecule has 0 saturated heterocycles. The van der Waals surface area contributed by atoms with Crippen molar-refractivity contribution in [1.29, 1.82) is 0 Å². The average molecular weight is 804 g/mol. The predicted molar refractivity (Wildman–Crippen MR) is 246 cm³/mol. The van der Waals surface area contributed by atoms with Crippen LogP contribution >= 0.6 is 0 Å². The van der Waals surface area contributed by atoms with E-state index in [2.05, 4.69) is 43.5 Å². The van der Waals surface area contributed by atoms with E-state index >= 15 is 0 Å². The molecule has 0 aromatic carbocycles.